The Kier molecular flexibility index (Phi) is 3.71. The van der Waals surface area contributed by atoms with Crippen LogP contribution >= 0.6 is 11.3 Å². The standard InChI is InChI=1S/C15H20N4OS/c1-10-8-13(21-9-10)15(20)19-6-4-18(5-7-19)14-11(2)16-17-12(14)3/h8-9H,4-7H2,1-3H3,(H,16,17). The van der Waals surface area contributed by atoms with Crippen molar-refractivity contribution in [2.45, 2.75) is 20.8 Å². The molecule has 0 spiro atoms. The highest BCUT2D eigenvalue weighted by Crippen LogP contribution is 2.24. The Morgan fingerprint density at radius 2 is 1.95 bits per heavy atom. The van der Waals surface area contributed by atoms with E-state index >= 15 is 0 Å². The molecule has 5 nitrogen and oxygen atoms in total. The fourth-order valence-corrected chi connectivity index (χ4v) is 3.71. The van der Waals surface area contributed by atoms with Gasteiger partial charge >= 0.3 is 0 Å². The maximum Gasteiger partial charge on any atom is 0.264 e. The van der Waals surface area contributed by atoms with Crippen molar-refractivity contribution in [3.05, 3.63) is 33.3 Å². The summed E-state index contributed by atoms with van der Waals surface area (Å²) in [7, 11) is 0. The van der Waals surface area contributed by atoms with E-state index < -0.39 is 0 Å². The maximum absolute atomic E-state index is 12.4. The number of aromatic nitrogens is 2. The van der Waals surface area contributed by atoms with E-state index in [9.17, 15) is 4.79 Å². The molecule has 0 radical (unpaired) electrons. The van der Waals surface area contributed by atoms with Gasteiger partial charge in [0.2, 0.25) is 0 Å². The minimum absolute atomic E-state index is 0.161. The van der Waals surface area contributed by atoms with Crippen molar-refractivity contribution in [2.75, 3.05) is 31.1 Å². The lowest BCUT2D eigenvalue weighted by molar-refractivity contribution is 0.0751. The van der Waals surface area contributed by atoms with Gasteiger partial charge in [-0.2, -0.15) is 5.10 Å². The quantitative estimate of drug-likeness (QED) is 0.926. The second-order valence-corrected chi connectivity index (χ2v) is 6.46. The average Bonchev–Trinajstić information content (AvgIpc) is 3.05. The van der Waals surface area contributed by atoms with E-state index in [0.717, 1.165) is 48.0 Å². The van der Waals surface area contributed by atoms with Gasteiger partial charge in [0.05, 0.1) is 22.0 Å². The molecule has 0 atom stereocenters. The molecule has 1 saturated heterocycles. The molecule has 1 amide bonds. The van der Waals surface area contributed by atoms with E-state index in [1.165, 1.54) is 17.0 Å². The molecule has 1 aliphatic heterocycles. The zero-order valence-corrected chi connectivity index (χ0v) is 13.5. The topological polar surface area (TPSA) is 52.2 Å². The van der Waals surface area contributed by atoms with Gasteiger partial charge in [0, 0.05) is 26.2 Å². The number of amides is 1. The van der Waals surface area contributed by atoms with Gasteiger partial charge in [-0.1, -0.05) is 0 Å². The normalized spacial score (nSPS) is 15.6. The first kappa shape index (κ1) is 14.1. The van der Waals surface area contributed by atoms with Gasteiger partial charge in [0.1, 0.15) is 0 Å². The van der Waals surface area contributed by atoms with Crippen LogP contribution in [0.4, 0.5) is 5.69 Å². The predicted octanol–water partition coefficient (Wildman–Crippen LogP) is 2.36. The number of piperazine rings is 1. The summed E-state index contributed by atoms with van der Waals surface area (Å²) in [4.78, 5) is 17.6. The molecule has 6 heteroatoms. The largest absolute Gasteiger partial charge is 0.365 e. The maximum atomic E-state index is 12.4. The first-order chi connectivity index (χ1) is 10.1. The van der Waals surface area contributed by atoms with Crippen molar-refractivity contribution in [3.63, 3.8) is 0 Å². The minimum atomic E-state index is 0.161. The molecule has 0 aliphatic carbocycles. The van der Waals surface area contributed by atoms with Gasteiger partial charge in [-0.05, 0) is 37.8 Å². The highest BCUT2D eigenvalue weighted by atomic mass is 32.1. The molecule has 1 N–H and O–H groups in total. The molecular formula is C15H20N4OS. The summed E-state index contributed by atoms with van der Waals surface area (Å²) in [5.74, 6) is 0.161. The number of anilines is 1. The number of nitrogens with one attached hydrogen (secondary N) is 1. The van der Waals surface area contributed by atoms with Crippen LogP contribution in [0, 0.1) is 20.8 Å². The molecule has 0 bridgehead atoms. The van der Waals surface area contributed by atoms with E-state index in [1.807, 2.05) is 37.1 Å². The summed E-state index contributed by atoms with van der Waals surface area (Å²) >= 11 is 1.53. The Hall–Kier alpha value is -1.82. The summed E-state index contributed by atoms with van der Waals surface area (Å²) in [6.07, 6.45) is 0. The summed E-state index contributed by atoms with van der Waals surface area (Å²) in [6.45, 7) is 9.33. The fourth-order valence-electron chi connectivity index (χ4n) is 2.84. The third kappa shape index (κ3) is 2.68. The zero-order valence-electron chi connectivity index (χ0n) is 12.6. The van der Waals surface area contributed by atoms with Crippen LogP contribution in [-0.2, 0) is 0 Å². The molecule has 3 rings (SSSR count). The van der Waals surface area contributed by atoms with Gasteiger partial charge in [-0.3, -0.25) is 9.89 Å². The van der Waals surface area contributed by atoms with Crippen molar-refractivity contribution in [1.82, 2.24) is 15.1 Å². The monoisotopic (exact) mass is 304 g/mol. The smallest absolute Gasteiger partial charge is 0.264 e. The number of aromatic amines is 1. The Balaban J connectivity index is 1.67. The van der Waals surface area contributed by atoms with Crippen LogP contribution in [-0.4, -0.2) is 47.2 Å². The SMILES string of the molecule is Cc1csc(C(=O)N2CCN(c3c(C)n[nH]c3C)CC2)c1. The second kappa shape index (κ2) is 5.52. The van der Waals surface area contributed by atoms with Gasteiger partial charge in [-0.15, -0.1) is 11.3 Å². The van der Waals surface area contributed by atoms with Gasteiger partial charge in [0.15, 0.2) is 0 Å². The number of hydrogen-bond donors (Lipinski definition) is 1. The van der Waals surface area contributed by atoms with E-state index in [0.29, 0.717) is 0 Å². The number of aryl methyl sites for hydroxylation is 3. The molecule has 1 fully saturated rings. The minimum Gasteiger partial charge on any atom is -0.365 e. The van der Waals surface area contributed by atoms with E-state index in [-0.39, 0.29) is 5.91 Å². The third-order valence-corrected chi connectivity index (χ3v) is 4.95. The van der Waals surface area contributed by atoms with Gasteiger partial charge in [-0.25, -0.2) is 0 Å². The van der Waals surface area contributed by atoms with E-state index in [4.69, 9.17) is 0 Å². The van der Waals surface area contributed by atoms with Crippen molar-refractivity contribution in [2.24, 2.45) is 0 Å². The fraction of sp³-hybridized carbons (Fsp3) is 0.467. The molecule has 3 heterocycles. The summed E-state index contributed by atoms with van der Waals surface area (Å²) in [5, 5.41) is 9.31. The Morgan fingerprint density at radius 1 is 1.24 bits per heavy atom. The highest BCUT2D eigenvalue weighted by molar-refractivity contribution is 7.12. The van der Waals surface area contributed by atoms with Crippen LogP contribution in [0.2, 0.25) is 0 Å². The third-order valence-electron chi connectivity index (χ3n) is 3.91. The first-order valence-corrected chi connectivity index (χ1v) is 8.05. The van der Waals surface area contributed by atoms with Crippen LogP contribution in [0.1, 0.15) is 26.6 Å². The number of carbonyl (C=O) groups is 1. The van der Waals surface area contributed by atoms with Crippen molar-refractivity contribution in [3.8, 4) is 0 Å². The summed E-state index contributed by atoms with van der Waals surface area (Å²) in [6, 6.07) is 1.98. The van der Waals surface area contributed by atoms with Crippen molar-refractivity contribution >= 4 is 22.9 Å². The van der Waals surface area contributed by atoms with Crippen LogP contribution in [0.5, 0.6) is 0 Å². The molecule has 0 aromatic carbocycles. The number of rotatable bonds is 2. The molecule has 2 aromatic rings. The lowest BCUT2D eigenvalue weighted by atomic mass is 10.2. The average molecular weight is 304 g/mol. The van der Waals surface area contributed by atoms with E-state index in [1.54, 1.807) is 0 Å². The van der Waals surface area contributed by atoms with E-state index in [2.05, 4.69) is 15.1 Å². The molecular weight excluding hydrogens is 284 g/mol. The number of hydrogen-bond acceptors (Lipinski definition) is 4. The lowest BCUT2D eigenvalue weighted by Crippen LogP contribution is -2.48. The molecule has 21 heavy (non-hydrogen) atoms. The first-order valence-electron chi connectivity index (χ1n) is 7.17. The Bertz CT molecular complexity index is 633. The molecule has 112 valence electrons. The molecule has 0 unspecified atom stereocenters. The zero-order chi connectivity index (χ0) is 15.0. The second-order valence-electron chi connectivity index (χ2n) is 5.55. The Labute approximate surface area is 128 Å². The van der Waals surface area contributed by atoms with Gasteiger partial charge in [0.25, 0.3) is 5.91 Å². The molecule has 2 aromatic heterocycles. The molecule has 0 saturated carbocycles. The number of H-pyrrole nitrogens is 1. The van der Waals surface area contributed by atoms with Crippen molar-refractivity contribution < 1.29 is 4.79 Å². The Morgan fingerprint density at radius 3 is 2.48 bits per heavy atom. The number of carbonyl (C=O) groups excluding carboxylic acids is 1. The lowest BCUT2D eigenvalue weighted by Gasteiger charge is -2.36. The van der Waals surface area contributed by atoms with Crippen LogP contribution in [0.3, 0.4) is 0 Å². The van der Waals surface area contributed by atoms with Crippen LogP contribution in [0.15, 0.2) is 11.4 Å². The summed E-state index contributed by atoms with van der Waals surface area (Å²) in [5.41, 5.74) is 4.48. The van der Waals surface area contributed by atoms with Gasteiger partial charge < -0.3 is 9.80 Å². The van der Waals surface area contributed by atoms with Crippen LogP contribution < -0.4 is 4.90 Å². The van der Waals surface area contributed by atoms with Crippen LogP contribution in [0.25, 0.3) is 0 Å². The predicted molar refractivity (Wildman–Crippen MR) is 85.2 cm³/mol. The summed E-state index contributed by atoms with van der Waals surface area (Å²) < 4.78 is 0. The highest BCUT2D eigenvalue weighted by Gasteiger charge is 2.25. The molecule has 1 aliphatic rings. The number of nitrogens with zero attached hydrogens (tertiary/aromatic N) is 3. The number of thiophene rings is 1. The van der Waals surface area contributed by atoms with Crippen molar-refractivity contribution in [1.29, 1.82) is 0 Å².